The van der Waals surface area contributed by atoms with E-state index in [0.29, 0.717) is 5.92 Å². The summed E-state index contributed by atoms with van der Waals surface area (Å²) < 4.78 is 15.3. The summed E-state index contributed by atoms with van der Waals surface area (Å²) in [5, 5.41) is 3.39. The van der Waals surface area contributed by atoms with Crippen LogP contribution >= 0.6 is 28.3 Å². The lowest BCUT2D eigenvalue weighted by atomic mass is 9.89. The number of rotatable bonds is 3. The number of benzene rings is 1. The molecule has 2 aliphatic rings. The van der Waals surface area contributed by atoms with Crippen molar-refractivity contribution in [2.45, 2.75) is 31.7 Å². The number of hydrogen-bond donors (Lipinski definition) is 1. The molecule has 0 aromatic heterocycles. The van der Waals surface area contributed by atoms with E-state index < -0.39 is 0 Å². The van der Waals surface area contributed by atoms with E-state index in [4.69, 9.17) is 0 Å². The van der Waals surface area contributed by atoms with E-state index in [0.717, 1.165) is 36.2 Å². The van der Waals surface area contributed by atoms with Crippen molar-refractivity contribution in [3.8, 4) is 0 Å². The van der Waals surface area contributed by atoms with Crippen LogP contribution in [0.5, 0.6) is 0 Å². The highest BCUT2D eigenvalue weighted by Gasteiger charge is 2.33. The molecule has 0 radical (unpaired) electrons. The van der Waals surface area contributed by atoms with Crippen LogP contribution in [-0.4, -0.2) is 31.1 Å². The van der Waals surface area contributed by atoms with Crippen LogP contribution in [0.3, 0.4) is 0 Å². The maximum atomic E-state index is 14.4. The number of piperazine rings is 1. The van der Waals surface area contributed by atoms with Crippen LogP contribution in [0.15, 0.2) is 22.7 Å². The third kappa shape index (κ3) is 3.98. The van der Waals surface area contributed by atoms with Gasteiger partial charge < -0.3 is 5.32 Å². The molecule has 1 aliphatic heterocycles. The van der Waals surface area contributed by atoms with Crippen LogP contribution in [-0.2, 0) is 0 Å². The first-order valence-corrected chi connectivity index (χ1v) is 8.45. The minimum absolute atomic E-state index is 0. The van der Waals surface area contributed by atoms with Gasteiger partial charge in [-0.15, -0.1) is 12.4 Å². The molecular weight excluding hydrogens is 355 g/mol. The second kappa shape index (κ2) is 7.91. The molecule has 2 nitrogen and oxygen atoms in total. The first kappa shape index (κ1) is 17.2. The molecule has 1 aromatic rings. The fourth-order valence-electron chi connectivity index (χ4n) is 3.72. The predicted molar refractivity (Wildman–Crippen MR) is 90.5 cm³/mol. The van der Waals surface area contributed by atoms with Crippen LogP contribution in [0.2, 0.25) is 0 Å². The molecular formula is C16H23BrClFN2. The molecule has 1 N–H and O–H groups in total. The zero-order chi connectivity index (χ0) is 13.9. The Labute approximate surface area is 141 Å². The van der Waals surface area contributed by atoms with Crippen molar-refractivity contribution >= 4 is 28.3 Å². The monoisotopic (exact) mass is 376 g/mol. The van der Waals surface area contributed by atoms with Crippen molar-refractivity contribution in [3.63, 3.8) is 0 Å². The van der Waals surface area contributed by atoms with E-state index in [1.165, 1.54) is 25.7 Å². The fraction of sp³-hybridized carbons (Fsp3) is 0.625. The van der Waals surface area contributed by atoms with E-state index in [1.807, 2.05) is 12.1 Å². The quantitative estimate of drug-likeness (QED) is 0.851. The smallest absolute Gasteiger partial charge is 0.129 e. The van der Waals surface area contributed by atoms with Crippen molar-refractivity contribution < 1.29 is 4.39 Å². The SMILES string of the molecule is Cl.Fc1cc(Br)ccc1[C@@H](C1CCCC1)N1CCNCC1. The number of hydrogen-bond acceptors (Lipinski definition) is 2. The highest BCUT2D eigenvalue weighted by Crippen LogP contribution is 2.40. The molecule has 1 heterocycles. The Balaban J connectivity index is 0.00000161. The molecule has 2 fully saturated rings. The Bertz CT molecular complexity index is 460. The van der Waals surface area contributed by atoms with Gasteiger partial charge in [0, 0.05) is 42.3 Å². The van der Waals surface area contributed by atoms with Gasteiger partial charge in [0.05, 0.1) is 0 Å². The third-order valence-corrected chi connectivity index (χ3v) is 5.17. The van der Waals surface area contributed by atoms with Crippen molar-refractivity contribution in [1.82, 2.24) is 10.2 Å². The Morgan fingerprint density at radius 3 is 2.48 bits per heavy atom. The summed E-state index contributed by atoms with van der Waals surface area (Å²) in [6, 6.07) is 5.82. The van der Waals surface area contributed by atoms with Gasteiger partial charge in [-0.2, -0.15) is 0 Å². The van der Waals surface area contributed by atoms with Crippen LogP contribution in [0.25, 0.3) is 0 Å². The van der Waals surface area contributed by atoms with E-state index in [2.05, 4.69) is 26.1 Å². The molecule has 1 saturated carbocycles. The van der Waals surface area contributed by atoms with Crippen LogP contribution in [0.1, 0.15) is 37.3 Å². The van der Waals surface area contributed by atoms with Crippen molar-refractivity contribution in [2.24, 2.45) is 5.92 Å². The second-order valence-corrected chi connectivity index (χ2v) is 6.86. The lowest BCUT2D eigenvalue weighted by Gasteiger charge is -2.38. The number of nitrogens with zero attached hydrogens (tertiary/aromatic N) is 1. The van der Waals surface area contributed by atoms with Gasteiger partial charge in [0.2, 0.25) is 0 Å². The summed E-state index contributed by atoms with van der Waals surface area (Å²) >= 11 is 3.36. The molecule has 1 saturated heterocycles. The molecule has 0 amide bonds. The van der Waals surface area contributed by atoms with Gasteiger partial charge >= 0.3 is 0 Å². The Hall–Kier alpha value is -0.160. The van der Waals surface area contributed by atoms with Crippen molar-refractivity contribution in [3.05, 3.63) is 34.1 Å². The third-order valence-electron chi connectivity index (χ3n) is 4.67. The Kier molecular flexibility index (Phi) is 6.48. The molecule has 1 atom stereocenters. The van der Waals surface area contributed by atoms with E-state index in [-0.39, 0.29) is 24.3 Å². The Morgan fingerprint density at radius 2 is 1.86 bits per heavy atom. The summed E-state index contributed by atoms with van der Waals surface area (Å²) in [4.78, 5) is 2.48. The van der Waals surface area contributed by atoms with E-state index in [9.17, 15) is 4.39 Å². The highest BCUT2D eigenvalue weighted by molar-refractivity contribution is 9.10. The zero-order valence-corrected chi connectivity index (χ0v) is 14.6. The maximum Gasteiger partial charge on any atom is 0.129 e. The number of nitrogens with one attached hydrogen (secondary N) is 1. The topological polar surface area (TPSA) is 15.3 Å². The van der Waals surface area contributed by atoms with Crippen molar-refractivity contribution in [1.29, 1.82) is 0 Å². The molecule has 0 unspecified atom stereocenters. The summed E-state index contributed by atoms with van der Waals surface area (Å²) in [5.41, 5.74) is 0.891. The normalized spacial score (nSPS) is 22.0. The zero-order valence-electron chi connectivity index (χ0n) is 12.2. The summed E-state index contributed by atoms with van der Waals surface area (Å²) in [6.45, 7) is 4.08. The Morgan fingerprint density at radius 1 is 1.19 bits per heavy atom. The van der Waals surface area contributed by atoms with Gasteiger partial charge in [0.15, 0.2) is 0 Å². The van der Waals surface area contributed by atoms with Crippen LogP contribution < -0.4 is 5.32 Å². The lowest BCUT2D eigenvalue weighted by Crippen LogP contribution is -2.46. The molecule has 118 valence electrons. The molecule has 21 heavy (non-hydrogen) atoms. The molecule has 1 aliphatic carbocycles. The van der Waals surface area contributed by atoms with Gasteiger partial charge in [-0.3, -0.25) is 4.90 Å². The fourth-order valence-corrected chi connectivity index (χ4v) is 4.06. The minimum Gasteiger partial charge on any atom is -0.314 e. The predicted octanol–water partition coefficient (Wildman–Crippen LogP) is 4.15. The van der Waals surface area contributed by atoms with Gasteiger partial charge in [-0.05, 0) is 30.9 Å². The van der Waals surface area contributed by atoms with E-state index in [1.54, 1.807) is 6.07 Å². The summed E-state index contributed by atoms with van der Waals surface area (Å²) in [6.07, 6.45) is 5.07. The first-order chi connectivity index (χ1) is 9.75. The van der Waals surface area contributed by atoms with Crippen molar-refractivity contribution in [2.75, 3.05) is 26.2 Å². The minimum atomic E-state index is -0.0604. The van der Waals surface area contributed by atoms with E-state index >= 15 is 0 Å². The second-order valence-electron chi connectivity index (χ2n) is 5.94. The molecule has 5 heteroatoms. The molecule has 0 spiro atoms. The summed E-state index contributed by atoms with van der Waals surface area (Å²) in [7, 11) is 0. The average Bonchev–Trinajstić information content (AvgIpc) is 2.97. The first-order valence-electron chi connectivity index (χ1n) is 7.65. The van der Waals surface area contributed by atoms with Gasteiger partial charge in [-0.1, -0.05) is 34.8 Å². The van der Waals surface area contributed by atoms with Gasteiger partial charge in [0.25, 0.3) is 0 Å². The molecule has 3 rings (SSSR count). The van der Waals surface area contributed by atoms with Gasteiger partial charge in [-0.25, -0.2) is 4.39 Å². The van der Waals surface area contributed by atoms with Crippen LogP contribution in [0, 0.1) is 11.7 Å². The lowest BCUT2D eigenvalue weighted by molar-refractivity contribution is 0.122. The molecule has 0 bridgehead atoms. The average molecular weight is 378 g/mol. The van der Waals surface area contributed by atoms with Crippen LogP contribution in [0.4, 0.5) is 4.39 Å². The highest BCUT2D eigenvalue weighted by atomic mass is 79.9. The number of halogens is 3. The standard InChI is InChI=1S/C16H22BrFN2.ClH/c17-13-5-6-14(15(18)11-13)16(12-3-1-2-4-12)20-9-7-19-8-10-20;/h5-6,11-12,16,19H,1-4,7-10H2;1H/t16-;/m1./s1. The largest absolute Gasteiger partial charge is 0.314 e. The maximum absolute atomic E-state index is 14.4. The van der Waals surface area contributed by atoms with Gasteiger partial charge in [0.1, 0.15) is 5.82 Å². The molecule has 1 aromatic carbocycles. The summed E-state index contributed by atoms with van der Waals surface area (Å²) in [5.74, 6) is 0.554.